The highest BCUT2D eigenvalue weighted by Crippen LogP contribution is 2.53. The number of benzene rings is 5. The average Bonchev–Trinajstić information content (AvgIpc) is 3.44. The van der Waals surface area contributed by atoms with E-state index in [1.54, 1.807) is 0 Å². The van der Waals surface area contributed by atoms with Gasteiger partial charge in [0.15, 0.2) is 0 Å². The van der Waals surface area contributed by atoms with Crippen molar-refractivity contribution in [2.24, 2.45) is 0 Å². The highest BCUT2D eigenvalue weighted by Gasteiger charge is 2.37. The zero-order valence-corrected chi connectivity index (χ0v) is 22.1. The fourth-order valence-electron chi connectivity index (χ4n) is 7.25. The first-order valence-electron chi connectivity index (χ1n) is 12.5. The van der Waals surface area contributed by atoms with Crippen LogP contribution in [0.1, 0.15) is 25.0 Å². The maximum Gasteiger partial charge on any atom is 0.0646 e. The van der Waals surface area contributed by atoms with Crippen molar-refractivity contribution in [1.29, 1.82) is 0 Å². The Morgan fingerprint density at radius 2 is 1.19 bits per heavy atom. The highest BCUT2D eigenvalue weighted by molar-refractivity contribution is 14.1. The van der Waals surface area contributed by atoms with E-state index in [0.29, 0.717) is 0 Å². The van der Waals surface area contributed by atoms with Crippen molar-refractivity contribution in [2.75, 3.05) is 0 Å². The second-order valence-corrected chi connectivity index (χ2v) is 11.7. The van der Waals surface area contributed by atoms with Gasteiger partial charge >= 0.3 is 0 Å². The van der Waals surface area contributed by atoms with Gasteiger partial charge in [-0.3, -0.25) is 2.78 Å². The van der Waals surface area contributed by atoms with Crippen LogP contribution in [0, 0.1) is 0 Å². The maximum absolute atomic E-state index is 2.59. The summed E-state index contributed by atoms with van der Waals surface area (Å²) in [5.74, 6) is 0. The van der Waals surface area contributed by atoms with E-state index in [1.807, 2.05) is 0 Å². The second-order valence-electron chi connectivity index (χ2n) is 10.7. The molecule has 170 valence electrons. The molecule has 0 radical (unpaired) electrons. The van der Waals surface area contributed by atoms with Crippen LogP contribution in [-0.4, -0.2) is 7.18 Å². The first-order chi connectivity index (χ1) is 17.6. The Morgan fingerprint density at radius 1 is 0.556 bits per heavy atom. The molecule has 3 heterocycles. The van der Waals surface area contributed by atoms with Gasteiger partial charge in [0.25, 0.3) is 0 Å². The first kappa shape index (κ1) is 19.6. The minimum atomic E-state index is -0.0296. The Labute approximate surface area is 221 Å². The zero-order valence-electron chi connectivity index (χ0n) is 19.9. The molecule has 3 heteroatoms. The number of aromatic nitrogens is 2. The lowest BCUT2D eigenvalue weighted by molar-refractivity contribution is 0.661. The molecule has 0 spiro atoms. The Morgan fingerprint density at radius 3 is 2.06 bits per heavy atom. The molecule has 0 aliphatic heterocycles. The molecule has 0 saturated heterocycles. The summed E-state index contributed by atoms with van der Waals surface area (Å²) in [6, 6.07) is 34.2. The van der Waals surface area contributed by atoms with Crippen molar-refractivity contribution in [1.82, 2.24) is 7.18 Å². The van der Waals surface area contributed by atoms with Crippen LogP contribution in [0.4, 0.5) is 0 Å². The van der Waals surface area contributed by atoms with Crippen LogP contribution in [0.2, 0.25) is 0 Å². The quantitative estimate of drug-likeness (QED) is 0.160. The number of rotatable bonds is 0. The van der Waals surface area contributed by atoms with E-state index in [4.69, 9.17) is 0 Å². The minimum absolute atomic E-state index is 0.0296. The summed E-state index contributed by atoms with van der Waals surface area (Å²) in [5, 5.41) is 8.00. The summed E-state index contributed by atoms with van der Waals surface area (Å²) in [4.78, 5) is 0. The van der Waals surface area contributed by atoms with Crippen molar-refractivity contribution in [2.45, 2.75) is 19.3 Å². The summed E-state index contributed by atoms with van der Waals surface area (Å²) >= 11 is 2.47. The van der Waals surface area contributed by atoms with Gasteiger partial charge in [-0.25, -0.2) is 0 Å². The second kappa shape index (κ2) is 6.22. The third-order valence-electron chi connectivity index (χ3n) is 8.76. The van der Waals surface area contributed by atoms with Gasteiger partial charge in [-0.15, -0.1) is 0 Å². The normalized spacial score (nSPS) is 14.8. The molecule has 0 fully saturated rings. The number of fused-ring (bicyclic) bond motifs is 9. The van der Waals surface area contributed by atoms with E-state index in [0.717, 1.165) is 0 Å². The number of hydrogen-bond acceptors (Lipinski definition) is 0. The molecule has 0 atom stereocenters. The number of hydrogen-bond donors (Lipinski definition) is 0. The molecule has 2 nitrogen and oxygen atoms in total. The van der Waals surface area contributed by atoms with Crippen LogP contribution in [0.15, 0.2) is 91.0 Å². The smallest absolute Gasteiger partial charge is 0.0646 e. The van der Waals surface area contributed by atoms with Crippen molar-refractivity contribution < 1.29 is 0 Å². The van der Waals surface area contributed by atoms with Crippen LogP contribution >= 0.6 is 22.9 Å². The molecule has 0 unspecified atom stereocenters. The molecule has 1 aliphatic carbocycles. The average molecular weight is 572 g/mol. The number of halogens is 1. The molecule has 0 bridgehead atoms. The molecule has 3 aromatic heterocycles. The maximum atomic E-state index is 2.59. The Bertz CT molecular complexity index is 2240. The Hall–Kier alpha value is -3.57. The SMILES string of the molecule is CC1(C)c2ccccc2-c2c1ccc1c3cccc4c5cccc6c5c5c(cccc5n(c21)c43)n6I. The third kappa shape index (κ3) is 2.01. The highest BCUT2D eigenvalue weighted by atomic mass is 127. The summed E-state index contributed by atoms with van der Waals surface area (Å²) < 4.78 is 4.92. The van der Waals surface area contributed by atoms with Gasteiger partial charge in [0, 0.05) is 37.9 Å². The van der Waals surface area contributed by atoms with Crippen molar-refractivity contribution in [3.63, 3.8) is 0 Å². The fourth-order valence-corrected chi connectivity index (χ4v) is 8.06. The van der Waals surface area contributed by atoms with Gasteiger partial charge in [0.05, 0.1) is 50.4 Å². The summed E-state index contributed by atoms with van der Waals surface area (Å²) in [5.41, 5.74) is 12.0. The lowest BCUT2D eigenvalue weighted by atomic mass is 9.82. The van der Waals surface area contributed by atoms with E-state index in [2.05, 4.69) is 135 Å². The van der Waals surface area contributed by atoms with E-state index in [9.17, 15) is 0 Å². The van der Waals surface area contributed by atoms with Crippen LogP contribution in [0.3, 0.4) is 0 Å². The molecule has 9 rings (SSSR count). The first-order valence-corrected chi connectivity index (χ1v) is 13.5. The molecule has 1 aliphatic rings. The van der Waals surface area contributed by atoms with E-state index < -0.39 is 0 Å². The predicted molar refractivity (Wildman–Crippen MR) is 161 cm³/mol. The van der Waals surface area contributed by atoms with Crippen molar-refractivity contribution >= 4 is 82.8 Å². The zero-order chi connectivity index (χ0) is 23.9. The Kier molecular flexibility index (Phi) is 3.38. The molecular weight excluding hydrogens is 551 g/mol. The van der Waals surface area contributed by atoms with Crippen LogP contribution < -0.4 is 0 Å². The summed E-state index contributed by atoms with van der Waals surface area (Å²) in [6.45, 7) is 4.74. The summed E-state index contributed by atoms with van der Waals surface area (Å²) in [7, 11) is 0. The topological polar surface area (TPSA) is 9.34 Å². The predicted octanol–water partition coefficient (Wildman–Crippen LogP) is 9.45. The van der Waals surface area contributed by atoms with Crippen LogP contribution in [0.5, 0.6) is 0 Å². The molecule has 5 aromatic carbocycles. The molecule has 36 heavy (non-hydrogen) atoms. The largest absolute Gasteiger partial charge is 0.307 e. The van der Waals surface area contributed by atoms with E-state index in [-0.39, 0.29) is 5.41 Å². The standard InChI is InChI=1S/C33H21IN2/c1-33(2)23-12-4-3-8-22(23)28-24(33)17-16-21-20-11-5-10-19-18-9-6-14-26-29(18)30-25(35(31(19)20)32(21)28)13-7-15-27(30)36(26)34/h3-17H,1-2H3. The van der Waals surface area contributed by atoms with Gasteiger partial charge in [-0.2, -0.15) is 0 Å². The molecule has 0 N–H and O–H groups in total. The molecule has 8 aromatic rings. The van der Waals surface area contributed by atoms with Crippen LogP contribution in [0.25, 0.3) is 71.0 Å². The monoisotopic (exact) mass is 572 g/mol. The Balaban J connectivity index is 1.71. The van der Waals surface area contributed by atoms with Crippen molar-refractivity contribution in [3.05, 3.63) is 102 Å². The van der Waals surface area contributed by atoms with Gasteiger partial charge in [-0.05, 0) is 40.3 Å². The van der Waals surface area contributed by atoms with E-state index >= 15 is 0 Å². The third-order valence-corrected chi connectivity index (χ3v) is 9.80. The van der Waals surface area contributed by atoms with Crippen molar-refractivity contribution in [3.8, 4) is 11.1 Å². The molecular formula is C33H21IN2. The summed E-state index contributed by atoms with van der Waals surface area (Å²) in [6.07, 6.45) is 0. The lowest BCUT2D eigenvalue weighted by Gasteiger charge is -2.21. The number of nitrogens with zero attached hydrogens (tertiary/aromatic N) is 2. The molecule has 0 amide bonds. The van der Waals surface area contributed by atoms with Gasteiger partial charge < -0.3 is 4.40 Å². The lowest BCUT2D eigenvalue weighted by Crippen LogP contribution is -2.14. The van der Waals surface area contributed by atoms with Gasteiger partial charge in [0.1, 0.15) is 0 Å². The van der Waals surface area contributed by atoms with Crippen LogP contribution in [-0.2, 0) is 5.41 Å². The van der Waals surface area contributed by atoms with Gasteiger partial charge in [-0.1, -0.05) is 86.6 Å². The number of para-hydroxylation sites is 1. The van der Waals surface area contributed by atoms with E-state index in [1.165, 1.54) is 82.2 Å². The molecule has 0 saturated carbocycles. The van der Waals surface area contributed by atoms with Gasteiger partial charge in [0.2, 0.25) is 0 Å². The minimum Gasteiger partial charge on any atom is -0.307 e. The fraction of sp³-hybridized carbons (Fsp3) is 0.0909.